The highest BCUT2D eigenvalue weighted by atomic mass is 16.5. The van der Waals surface area contributed by atoms with E-state index in [4.69, 9.17) is 5.73 Å². The van der Waals surface area contributed by atoms with Crippen molar-refractivity contribution in [2.45, 2.75) is 0 Å². The average Bonchev–Trinajstić information content (AvgIpc) is 2.62. The first-order valence-corrected chi connectivity index (χ1v) is 3.76. The van der Waals surface area contributed by atoms with Gasteiger partial charge >= 0.3 is 6.09 Å². The molecule has 0 amide bonds. The zero-order valence-corrected chi connectivity index (χ0v) is 7.34. The minimum Gasteiger partial charge on any atom is -0.451 e. The first-order valence-electron chi connectivity index (χ1n) is 3.76. The molecule has 2 heterocycles. The summed E-state index contributed by atoms with van der Waals surface area (Å²) in [5.74, 6) is 0.283. The Morgan fingerprint density at radius 1 is 1.57 bits per heavy atom. The van der Waals surface area contributed by atoms with Gasteiger partial charge in [0.2, 0.25) is 0 Å². The molecule has 0 aliphatic heterocycles. The van der Waals surface area contributed by atoms with Crippen LogP contribution in [0.3, 0.4) is 0 Å². The highest BCUT2D eigenvalue weighted by Crippen LogP contribution is 2.14. The van der Waals surface area contributed by atoms with Crippen molar-refractivity contribution >= 4 is 22.9 Å². The molecule has 0 atom stereocenters. The molecule has 0 radical (unpaired) electrons. The van der Waals surface area contributed by atoms with Crippen molar-refractivity contribution in [3.05, 3.63) is 12.5 Å². The molecule has 0 saturated heterocycles. The van der Waals surface area contributed by atoms with Crippen LogP contribution >= 0.6 is 0 Å². The summed E-state index contributed by atoms with van der Waals surface area (Å²) in [6.07, 6.45) is 2.07. The molecule has 2 N–H and O–H groups in total. The van der Waals surface area contributed by atoms with Crippen molar-refractivity contribution in [3.8, 4) is 0 Å². The number of ether oxygens (including phenoxy) is 1. The Morgan fingerprint density at radius 3 is 3.07 bits per heavy atom. The number of carbonyl (C=O) groups excluding carboxylic acids is 1. The SMILES string of the molecule is COC(=O)n1ncc2c(N)ncnc21. The fourth-order valence-electron chi connectivity index (χ4n) is 1.08. The number of anilines is 1. The summed E-state index contributed by atoms with van der Waals surface area (Å²) in [6.45, 7) is 0. The minimum absolute atomic E-state index is 0.283. The van der Waals surface area contributed by atoms with Crippen LogP contribution in [0.1, 0.15) is 0 Å². The number of nitrogen functional groups attached to an aromatic ring is 1. The molecule has 0 unspecified atom stereocenters. The van der Waals surface area contributed by atoms with Gasteiger partial charge in [0.15, 0.2) is 5.65 Å². The van der Waals surface area contributed by atoms with E-state index in [0.717, 1.165) is 4.68 Å². The van der Waals surface area contributed by atoms with Crippen molar-refractivity contribution < 1.29 is 9.53 Å². The standard InChI is InChI=1S/C7H7N5O2/c1-14-7(13)12-6-4(2-11-12)5(8)9-3-10-6/h2-3H,1H3,(H2,8,9,10). The first-order chi connectivity index (χ1) is 6.74. The Bertz CT molecular complexity index is 492. The van der Waals surface area contributed by atoms with E-state index < -0.39 is 6.09 Å². The highest BCUT2D eigenvalue weighted by Gasteiger charge is 2.13. The molecule has 0 aliphatic rings. The van der Waals surface area contributed by atoms with E-state index in [-0.39, 0.29) is 5.82 Å². The van der Waals surface area contributed by atoms with Gasteiger partial charge in [-0.15, -0.1) is 4.68 Å². The average molecular weight is 193 g/mol. The molecule has 72 valence electrons. The van der Waals surface area contributed by atoms with Crippen LogP contribution in [-0.2, 0) is 4.74 Å². The van der Waals surface area contributed by atoms with Crippen LogP contribution in [0.2, 0.25) is 0 Å². The lowest BCUT2D eigenvalue weighted by molar-refractivity contribution is 0.170. The lowest BCUT2D eigenvalue weighted by Gasteiger charge is -1.98. The summed E-state index contributed by atoms with van der Waals surface area (Å²) in [5.41, 5.74) is 5.89. The number of fused-ring (bicyclic) bond motifs is 1. The van der Waals surface area contributed by atoms with E-state index in [2.05, 4.69) is 19.8 Å². The van der Waals surface area contributed by atoms with Crippen molar-refractivity contribution in [2.24, 2.45) is 0 Å². The zero-order valence-electron chi connectivity index (χ0n) is 7.34. The molecule has 0 aromatic carbocycles. The van der Waals surface area contributed by atoms with Crippen LogP contribution in [0.4, 0.5) is 10.6 Å². The molecule has 0 saturated carbocycles. The molecular weight excluding hydrogens is 186 g/mol. The summed E-state index contributed by atoms with van der Waals surface area (Å²) in [7, 11) is 1.26. The smallest absolute Gasteiger partial charge is 0.436 e. The molecule has 2 aromatic heterocycles. The molecule has 0 spiro atoms. The van der Waals surface area contributed by atoms with E-state index in [1.54, 1.807) is 0 Å². The minimum atomic E-state index is -0.613. The fraction of sp³-hybridized carbons (Fsp3) is 0.143. The van der Waals surface area contributed by atoms with Gasteiger partial charge in [-0.1, -0.05) is 0 Å². The number of hydrogen-bond acceptors (Lipinski definition) is 6. The van der Waals surface area contributed by atoms with Gasteiger partial charge in [0, 0.05) is 0 Å². The number of rotatable bonds is 0. The van der Waals surface area contributed by atoms with Crippen molar-refractivity contribution in [3.63, 3.8) is 0 Å². The Morgan fingerprint density at radius 2 is 2.36 bits per heavy atom. The van der Waals surface area contributed by atoms with E-state index >= 15 is 0 Å². The quantitative estimate of drug-likeness (QED) is 0.633. The molecule has 2 rings (SSSR count). The normalized spacial score (nSPS) is 10.4. The van der Waals surface area contributed by atoms with Crippen LogP contribution < -0.4 is 5.73 Å². The van der Waals surface area contributed by atoms with Crippen molar-refractivity contribution in [1.82, 2.24) is 19.7 Å². The third kappa shape index (κ3) is 1.06. The third-order valence-corrected chi connectivity index (χ3v) is 1.74. The second kappa shape index (κ2) is 2.95. The number of hydrogen-bond donors (Lipinski definition) is 1. The molecule has 7 heteroatoms. The summed E-state index contributed by atoms with van der Waals surface area (Å²) in [4.78, 5) is 18.8. The number of nitrogens with two attached hydrogens (primary N) is 1. The summed E-state index contributed by atoms with van der Waals surface area (Å²) >= 11 is 0. The van der Waals surface area contributed by atoms with Crippen LogP contribution in [0.25, 0.3) is 11.0 Å². The first kappa shape index (κ1) is 8.42. The second-order valence-electron chi connectivity index (χ2n) is 2.52. The van der Waals surface area contributed by atoms with Crippen LogP contribution in [0, 0.1) is 0 Å². The van der Waals surface area contributed by atoms with Gasteiger partial charge in [-0.2, -0.15) is 5.10 Å². The fourth-order valence-corrected chi connectivity index (χ4v) is 1.08. The van der Waals surface area contributed by atoms with Gasteiger partial charge in [-0.25, -0.2) is 14.8 Å². The largest absolute Gasteiger partial charge is 0.451 e. The number of carbonyl (C=O) groups is 1. The van der Waals surface area contributed by atoms with Gasteiger partial charge in [0.25, 0.3) is 0 Å². The predicted molar refractivity (Wildman–Crippen MR) is 47.5 cm³/mol. The zero-order chi connectivity index (χ0) is 10.1. The summed E-state index contributed by atoms with van der Waals surface area (Å²) < 4.78 is 5.52. The lowest BCUT2D eigenvalue weighted by Crippen LogP contribution is -2.13. The maximum Gasteiger partial charge on any atom is 0.436 e. The van der Waals surface area contributed by atoms with Gasteiger partial charge in [-0.05, 0) is 0 Å². The van der Waals surface area contributed by atoms with Gasteiger partial charge in [0.05, 0.1) is 18.7 Å². The summed E-state index contributed by atoms with van der Waals surface area (Å²) in [6, 6.07) is 0. The Hall–Kier alpha value is -2.18. The van der Waals surface area contributed by atoms with Crippen molar-refractivity contribution in [1.29, 1.82) is 0 Å². The topological polar surface area (TPSA) is 95.9 Å². The van der Waals surface area contributed by atoms with E-state index in [1.165, 1.54) is 19.6 Å². The lowest BCUT2D eigenvalue weighted by atomic mass is 10.4. The number of nitrogens with zero attached hydrogens (tertiary/aromatic N) is 4. The second-order valence-corrected chi connectivity index (χ2v) is 2.52. The van der Waals surface area contributed by atoms with Crippen LogP contribution in [0.5, 0.6) is 0 Å². The Labute approximate surface area is 78.5 Å². The molecule has 0 bridgehead atoms. The van der Waals surface area contributed by atoms with Gasteiger partial charge < -0.3 is 10.5 Å². The van der Waals surface area contributed by atoms with Gasteiger partial charge in [0.1, 0.15) is 12.1 Å². The Balaban J connectivity index is 2.70. The molecule has 7 nitrogen and oxygen atoms in total. The highest BCUT2D eigenvalue weighted by molar-refractivity contribution is 5.90. The molecule has 2 aromatic rings. The van der Waals surface area contributed by atoms with Crippen LogP contribution in [0.15, 0.2) is 12.5 Å². The molecule has 0 aliphatic carbocycles. The summed E-state index contributed by atoms with van der Waals surface area (Å²) in [5, 5.41) is 4.31. The van der Waals surface area contributed by atoms with Crippen LogP contribution in [-0.4, -0.2) is 33.0 Å². The predicted octanol–water partition coefficient (Wildman–Crippen LogP) is 0.0230. The molecular formula is C7H7N5O2. The Kier molecular flexibility index (Phi) is 1.77. The number of aromatic nitrogens is 4. The van der Waals surface area contributed by atoms with E-state index in [1.807, 2.05) is 0 Å². The third-order valence-electron chi connectivity index (χ3n) is 1.74. The molecule has 0 fully saturated rings. The van der Waals surface area contributed by atoms with E-state index in [9.17, 15) is 4.79 Å². The van der Waals surface area contributed by atoms with E-state index in [0.29, 0.717) is 11.0 Å². The monoisotopic (exact) mass is 193 g/mol. The number of methoxy groups -OCH3 is 1. The van der Waals surface area contributed by atoms with Crippen molar-refractivity contribution in [2.75, 3.05) is 12.8 Å². The molecule has 14 heavy (non-hydrogen) atoms. The maximum atomic E-state index is 11.2. The maximum absolute atomic E-state index is 11.2. The van der Waals surface area contributed by atoms with Gasteiger partial charge in [-0.3, -0.25) is 0 Å².